The highest BCUT2D eigenvalue weighted by molar-refractivity contribution is 6.31. The van der Waals surface area contributed by atoms with Crippen LogP contribution in [0.2, 0.25) is 5.02 Å². The summed E-state index contributed by atoms with van der Waals surface area (Å²) in [4.78, 5) is 33.6. The van der Waals surface area contributed by atoms with Crippen molar-refractivity contribution < 1.29 is 19.4 Å². The number of benzene rings is 1. The van der Waals surface area contributed by atoms with Gasteiger partial charge in [-0.25, -0.2) is 0 Å². The molecule has 1 atom stereocenters. The lowest BCUT2D eigenvalue weighted by molar-refractivity contribution is -0.150. The van der Waals surface area contributed by atoms with E-state index in [9.17, 15) is 14.7 Å². The minimum Gasteiger partial charge on any atom is -0.397 e. The van der Waals surface area contributed by atoms with E-state index < -0.39 is 11.6 Å². The predicted octanol–water partition coefficient (Wildman–Crippen LogP) is 2.24. The summed E-state index contributed by atoms with van der Waals surface area (Å²) in [5, 5.41) is 12.5. The second-order valence-corrected chi connectivity index (χ2v) is 9.26. The van der Waals surface area contributed by atoms with Crippen LogP contribution in [0.5, 0.6) is 0 Å². The van der Waals surface area contributed by atoms with Crippen molar-refractivity contribution in [1.29, 1.82) is 0 Å². The molecule has 4 N–H and O–H groups in total. The van der Waals surface area contributed by atoms with Crippen LogP contribution < -0.4 is 11.1 Å². The molecule has 2 aromatic rings. The molecule has 1 aromatic heterocycles. The molecule has 0 spiro atoms. The zero-order valence-electron chi connectivity index (χ0n) is 19.8. The van der Waals surface area contributed by atoms with Crippen molar-refractivity contribution in [1.82, 2.24) is 14.8 Å². The first-order valence-corrected chi connectivity index (χ1v) is 11.6. The third kappa shape index (κ3) is 6.24. The van der Waals surface area contributed by atoms with Crippen LogP contribution in [-0.2, 0) is 14.3 Å². The first-order valence-electron chi connectivity index (χ1n) is 11.2. The monoisotopic (exact) mass is 489 g/mol. The van der Waals surface area contributed by atoms with Crippen LogP contribution in [0.4, 0.5) is 11.4 Å². The van der Waals surface area contributed by atoms with Crippen LogP contribution in [0.15, 0.2) is 36.7 Å². The second-order valence-electron chi connectivity index (χ2n) is 8.83. The minimum absolute atomic E-state index is 0.0337. The van der Waals surface area contributed by atoms with E-state index in [0.717, 1.165) is 5.56 Å². The summed E-state index contributed by atoms with van der Waals surface area (Å²) >= 11 is 6.33. The van der Waals surface area contributed by atoms with Crippen LogP contribution in [0.3, 0.4) is 0 Å². The number of rotatable bonds is 8. The van der Waals surface area contributed by atoms with Gasteiger partial charge in [0.15, 0.2) is 0 Å². The van der Waals surface area contributed by atoms with Gasteiger partial charge in [-0.3, -0.25) is 19.5 Å². The van der Waals surface area contributed by atoms with Gasteiger partial charge in [-0.15, -0.1) is 0 Å². The number of amides is 2. The number of morpholine rings is 1. The highest BCUT2D eigenvalue weighted by Crippen LogP contribution is 2.35. The Morgan fingerprint density at radius 3 is 2.71 bits per heavy atom. The van der Waals surface area contributed by atoms with Gasteiger partial charge < -0.3 is 25.8 Å². The molecule has 0 aliphatic carbocycles. The molecule has 0 saturated carbocycles. The number of pyridine rings is 1. The zero-order valence-corrected chi connectivity index (χ0v) is 20.5. The average molecular weight is 490 g/mol. The van der Waals surface area contributed by atoms with E-state index in [1.54, 1.807) is 29.4 Å². The number of nitrogens with zero attached hydrogens (tertiary/aromatic N) is 3. The molecular weight excluding hydrogens is 458 g/mol. The van der Waals surface area contributed by atoms with Crippen LogP contribution in [0.25, 0.3) is 11.1 Å². The van der Waals surface area contributed by atoms with Crippen molar-refractivity contribution in [2.45, 2.75) is 32.4 Å². The van der Waals surface area contributed by atoms with Crippen molar-refractivity contribution in [3.63, 3.8) is 0 Å². The predicted molar refractivity (Wildman–Crippen MR) is 132 cm³/mol. The van der Waals surface area contributed by atoms with E-state index in [1.165, 1.54) is 0 Å². The topological polar surface area (TPSA) is 121 Å². The fraction of sp³-hybridized carbons (Fsp3) is 0.458. The van der Waals surface area contributed by atoms with Crippen molar-refractivity contribution in [2.24, 2.45) is 0 Å². The lowest BCUT2D eigenvalue weighted by Gasteiger charge is -2.43. The van der Waals surface area contributed by atoms with E-state index in [2.05, 4.69) is 10.3 Å². The van der Waals surface area contributed by atoms with Crippen LogP contribution in [0.1, 0.15) is 20.8 Å². The molecule has 1 aromatic carbocycles. The van der Waals surface area contributed by atoms with Crippen molar-refractivity contribution in [3.8, 4) is 11.1 Å². The third-order valence-electron chi connectivity index (χ3n) is 5.80. The van der Waals surface area contributed by atoms with Gasteiger partial charge in [0.25, 0.3) is 0 Å². The van der Waals surface area contributed by atoms with Crippen molar-refractivity contribution >= 4 is 34.8 Å². The summed E-state index contributed by atoms with van der Waals surface area (Å²) < 4.78 is 5.90. The summed E-state index contributed by atoms with van der Waals surface area (Å²) in [7, 11) is 0. The molecule has 34 heavy (non-hydrogen) atoms. The Labute approximate surface area is 204 Å². The molecule has 9 nitrogen and oxygen atoms in total. The molecule has 1 saturated heterocycles. The van der Waals surface area contributed by atoms with E-state index in [4.69, 9.17) is 22.1 Å². The number of aliphatic hydroxyl groups excluding tert-OH is 1. The van der Waals surface area contributed by atoms with Gasteiger partial charge in [-0.1, -0.05) is 11.6 Å². The summed E-state index contributed by atoms with van der Waals surface area (Å²) in [5.74, 6) is -0.502. The fourth-order valence-electron chi connectivity index (χ4n) is 4.02. The number of likely N-dealkylation sites (N-methyl/N-ethyl adjacent to an activating group) is 1. The van der Waals surface area contributed by atoms with Gasteiger partial charge in [0, 0.05) is 42.6 Å². The number of anilines is 2. The Hall–Kier alpha value is -2.72. The number of hydrogen-bond acceptors (Lipinski definition) is 7. The average Bonchev–Trinajstić information content (AvgIpc) is 2.79. The molecule has 0 radical (unpaired) electrons. The molecule has 1 aliphatic rings. The number of aromatic nitrogens is 1. The van der Waals surface area contributed by atoms with Crippen LogP contribution in [0, 0.1) is 0 Å². The maximum Gasteiger partial charge on any atom is 0.244 e. The van der Waals surface area contributed by atoms with E-state index in [-0.39, 0.29) is 38.1 Å². The molecule has 1 aliphatic heterocycles. The van der Waals surface area contributed by atoms with Gasteiger partial charge in [-0.05, 0) is 50.6 Å². The zero-order chi connectivity index (χ0) is 24.9. The van der Waals surface area contributed by atoms with Crippen molar-refractivity contribution in [2.75, 3.05) is 50.4 Å². The smallest absolute Gasteiger partial charge is 0.244 e. The first-order chi connectivity index (χ1) is 16.1. The fourth-order valence-corrected chi connectivity index (χ4v) is 4.24. The number of nitrogens with two attached hydrogens (primary N) is 1. The molecule has 10 heteroatoms. The highest BCUT2D eigenvalue weighted by atomic mass is 35.5. The number of halogens is 1. The molecule has 0 unspecified atom stereocenters. The first kappa shape index (κ1) is 25.9. The Kier molecular flexibility index (Phi) is 8.48. The van der Waals surface area contributed by atoms with Gasteiger partial charge in [0.05, 0.1) is 36.7 Å². The standard InChI is InChI=1S/C24H32ClN5O4/c1-4-29(9-10-31)21(32)13-30-15-24(2,3)34-14-20(30)23(33)28-19-12-17(25)11-18(22(19)26)16-5-7-27-8-6-16/h5-8,11-12,20,31H,4,9-10,13-15,26H2,1-3H3,(H,28,33)/t20-/m0/s1. The molecule has 2 heterocycles. The lowest BCUT2D eigenvalue weighted by Crippen LogP contribution is -2.60. The number of carbonyl (C=O) groups is 2. The quantitative estimate of drug-likeness (QED) is 0.486. The lowest BCUT2D eigenvalue weighted by atomic mass is 10.0. The SMILES string of the molecule is CCN(CCO)C(=O)CN1CC(C)(C)OC[C@H]1C(=O)Nc1cc(Cl)cc(-c2ccncc2)c1N. The molecule has 1 fully saturated rings. The van der Waals surface area contributed by atoms with Gasteiger partial charge >= 0.3 is 0 Å². The van der Waals surface area contributed by atoms with Crippen LogP contribution in [-0.4, -0.2) is 82.7 Å². The van der Waals surface area contributed by atoms with E-state index >= 15 is 0 Å². The summed E-state index contributed by atoms with van der Waals surface area (Å²) in [6.07, 6.45) is 3.31. The normalized spacial score (nSPS) is 17.9. The molecular formula is C24H32ClN5O4. The Bertz CT molecular complexity index is 1020. The number of aliphatic hydroxyl groups is 1. The van der Waals surface area contributed by atoms with E-state index in [1.807, 2.05) is 37.8 Å². The van der Waals surface area contributed by atoms with E-state index in [0.29, 0.717) is 35.1 Å². The highest BCUT2D eigenvalue weighted by Gasteiger charge is 2.39. The molecule has 3 rings (SSSR count). The maximum absolute atomic E-state index is 13.3. The number of nitrogens with one attached hydrogen (secondary N) is 1. The van der Waals surface area contributed by atoms with Gasteiger partial charge in [0.2, 0.25) is 11.8 Å². The Balaban J connectivity index is 1.83. The summed E-state index contributed by atoms with van der Waals surface area (Å²) in [6.45, 7) is 6.83. The number of ether oxygens (including phenoxy) is 1. The van der Waals surface area contributed by atoms with Crippen LogP contribution >= 0.6 is 11.6 Å². The molecule has 184 valence electrons. The number of carbonyl (C=O) groups excluding carboxylic acids is 2. The summed E-state index contributed by atoms with van der Waals surface area (Å²) in [5.41, 5.74) is 8.14. The number of hydrogen-bond donors (Lipinski definition) is 3. The minimum atomic E-state index is -0.701. The third-order valence-corrected chi connectivity index (χ3v) is 6.01. The molecule has 2 amide bonds. The Morgan fingerprint density at radius 1 is 1.35 bits per heavy atom. The summed E-state index contributed by atoms with van der Waals surface area (Å²) in [6, 6.07) is 6.25. The molecule has 0 bridgehead atoms. The largest absolute Gasteiger partial charge is 0.397 e. The van der Waals surface area contributed by atoms with Crippen molar-refractivity contribution in [3.05, 3.63) is 41.7 Å². The number of nitrogen functional groups attached to an aromatic ring is 1. The van der Waals surface area contributed by atoms with Gasteiger partial charge in [0.1, 0.15) is 6.04 Å². The second kappa shape index (κ2) is 11.1. The maximum atomic E-state index is 13.3. The Morgan fingerprint density at radius 2 is 2.06 bits per heavy atom. The van der Waals surface area contributed by atoms with Gasteiger partial charge in [-0.2, -0.15) is 0 Å².